The average Bonchev–Trinajstić information content (AvgIpc) is 2.32. The van der Waals surface area contributed by atoms with Crippen molar-refractivity contribution in [2.45, 2.75) is 0 Å². The largest absolute Gasteiger partial charge is 0.342 e. The maximum absolute atomic E-state index is 12.1. The number of piperazine rings is 1. The number of nitrogens with zero attached hydrogens (tertiary/aromatic N) is 3. The third-order valence-corrected chi connectivity index (χ3v) is 3.35. The van der Waals surface area contributed by atoms with E-state index >= 15 is 0 Å². The Balaban J connectivity index is 2.16. The second-order valence-corrected chi connectivity index (χ2v) is 4.73. The number of carbonyl (C=O) groups excluding carboxylic acids is 2. The molecule has 0 spiro atoms. The summed E-state index contributed by atoms with van der Waals surface area (Å²) in [7, 11) is 1.74. The highest BCUT2D eigenvalue weighted by Gasteiger charge is 2.27. The van der Waals surface area contributed by atoms with Crippen LogP contribution in [-0.4, -0.2) is 53.3 Å². The number of hydrogen-bond acceptors (Lipinski definition) is 3. The molecule has 1 saturated heterocycles. The number of pyridine rings is 1. The molecule has 2 heterocycles. The van der Waals surface area contributed by atoms with Crippen molar-refractivity contribution in [3.63, 3.8) is 0 Å². The van der Waals surface area contributed by atoms with Gasteiger partial charge in [0.1, 0.15) is 12.2 Å². The highest BCUT2D eigenvalue weighted by molar-refractivity contribution is 9.10. The van der Waals surface area contributed by atoms with Crippen LogP contribution < -0.4 is 0 Å². The SMILES string of the molecule is CN1CCN(C(=O)c2ncccc2Br)CC1=O. The Morgan fingerprint density at radius 2 is 2.24 bits per heavy atom. The summed E-state index contributed by atoms with van der Waals surface area (Å²) in [5.74, 6) is -0.254. The van der Waals surface area contributed by atoms with E-state index in [9.17, 15) is 9.59 Å². The topological polar surface area (TPSA) is 53.5 Å². The molecule has 1 aliphatic heterocycles. The lowest BCUT2D eigenvalue weighted by atomic mass is 10.2. The number of likely N-dealkylation sites (N-methyl/N-ethyl adjacent to an activating group) is 1. The third-order valence-electron chi connectivity index (χ3n) is 2.71. The molecule has 5 nitrogen and oxygen atoms in total. The third kappa shape index (κ3) is 2.46. The van der Waals surface area contributed by atoms with E-state index in [0.717, 1.165) is 0 Å². The molecule has 90 valence electrons. The molecule has 6 heteroatoms. The first-order valence-electron chi connectivity index (χ1n) is 5.23. The molecule has 1 aliphatic rings. The number of halogens is 1. The second kappa shape index (κ2) is 4.83. The highest BCUT2D eigenvalue weighted by atomic mass is 79.9. The molecule has 0 unspecified atom stereocenters. The lowest BCUT2D eigenvalue weighted by Gasteiger charge is -2.31. The van der Waals surface area contributed by atoms with E-state index in [2.05, 4.69) is 20.9 Å². The van der Waals surface area contributed by atoms with Crippen LogP contribution in [0, 0.1) is 0 Å². The van der Waals surface area contributed by atoms with E-state index in [0.29, 0.717) is 23.3 Å². The molecular weight excluding hydrogens is 286 g/mol. The molecule has 17 heavy (non-hydrogen) atoms. The zero-order valence-corrected chi connectivity index (χ0v) is 11.0. The molecule has 0 bridgehead atoms. The van der Waals surface area contributed by atoms with Gasteiger partial charge in [0.2, 0.25) is 5.91 Å². The first-order chi connectivity index (χ1) is 8.09. The predicted octanol–water partition coefficient (Wildman–Crippen LogP) is 0.758. The molecule has 2 rings (SSSR count). The lowest BCUT2D eigenvalue weighted by Crippen LogP contribution is -2.50. The molecular formula is C11H12BrN3O2. The Morgan fingerprint density at radius 1 is 1.47 bits per heavy atom. The van der Waals surface area contributed by atoms with Crippen LogP contribution in [0.25, 0.3) is 0 Å². The smallest absolute Gasteiger partial charge is 0.274 e. The molecule has 0 radical (unpaired) electrons. The second-order valence-electron chi connectivity index (χ2n) is 3.88. The van der Waals surface area contributed by atoms with Crippen molar-refractivity contribution in [1.29, 1.82) is 0 Å². The van der Waals surface area contributed by atoms with Gasteiger partial charge in [-0.05, 0) is 28.1 Å². The van der Waals surface area contributed by atoms with Crippen molar-refractivity contribution in [2.75, 3.05) is 26.7 Å². The fourth-order valence-electron chi connectivity index (χ4n) is 1.62. The molecule has 1 fully saturated rings. The van der Waals surface area contributed by atoms with E-state index in [1.165, 1.54) is 4.90 Å². The van der Waals surface area contributed by atoms with Crippen LogP contribution in [0.4, 0.5) is 0 Å². The van der Waals surface area contributed by atoms with Crippen LogP contribution in [0.15, 0.2) is 22.8 Å². The summed E-state index contributed by atoms with van der Waals surface area (Å²) >= 11 is 3.29. The summed E-state index contributed by atoms with van der Waals surface area (Å²) in [5, 5.41) is 0. The van der Waals surface area contributed by atoms with Crippen molar-refractivity contribution in [2.24, 2.45) is 0 Å². The van der Waals surface area contributed by atoms with Crippen LogP contribution in [-0.2, 0) is 4.79 Å². The Kier molecular flexibility index (Phi) is 3.42. The van der Waals surface area contributed by atoms with E-state index in [1.807, 2.05) is 0 Å². The van der Waals surface area contributed by atoms with Gasteiger partial charge in [0.25, 0.3) is 5.91 Å². The van der Waals surface area contributed by atoms with Crippen LogP contribution >= 0.6 is 15.9 Å². The number of carbonyl (C=O) groups is 2. The van der Waals surface area contributed by atoms with E-state index in [4.69, 9.17) is 0 Å². The van der Waals surface area contributed by atoms with E-state index in [1.54, 1.807) is 30.3 Å². The Morgan fingerprint density at radius 3 is 2.88 bits per heavy atom. The summed E-state index contributed by atoms with van der Waals surface area (Å²) < 4.78 is 0.649. The zero-order valence-electron chi connectivity index (χ0n) is 9.39. The summed E-state index contributed by atoms with van der Waals surface area (Å²) in [6.07, 6.45) is 1.57. The van der Waals surface area contributed by atoms with Gasteiger partial charge in [-0.1, -0.05) is 0 Å². The summed E-state index contributed by atoms with van der Waals surface area (Å²) in [4.78, 5) is 30.8. The van der Waals surface area contributed by atoms with Gasteiger partial charge in [-0.3, -0.25) is 9.59 Å². The minimum absolute atomic E-state index is 0.0448. The molecule has 0 aromatic carbocycles. The van der Waals surface area contributed by atoms with Gasteiger partial charge in [-0.15, -0.1) is 0 Å². The van der Waals surface area contributed by atoms with Crippen LogP contribution in [0.1, 0.15) is 10.5 Å². The maximum atomic E-state index is 12.1. The quantitative estimate of drug-likeness (QED) is 0.769. The predicted molar refractivity (Wildman–Crippen MR) is 65.5 cm³/mol. The molecule has 1 aromatic rings. The van der Waals surface area contributed by atoms with E-state index < -0.39 is 0 Å². The number of hydrogen-bond donors (Lipinski definition) is 0. The molecule has 0 atom stereocenters. The Hall–Kier alpha value is -1.43. The minimum Gasteiger partial charge on any atom is -0.342 e. The van der Waals surface area contributed by atoms with Gasteiger partial charge in [0.15, 0.2) is 0 Å². The fraction of sp³-hybridized carbons (Fsp3) is 0.364. The van der Waals surface area contributed by atoms with Gasteiger partial charge >= 0.3 is 0 Å². The summed E-state index contributed by atoms with van der Waals surface area (Å²) in [6.45, 7) is 1.23. The highest BCUT2D eigenvalue weighted by Crippen LogP contribution is 2.16. The molecule has 1 aromatic heterocycles. The van der Waals surface area contributed by atoms with Crippen molar-refractivity contribution in [3.8, 4) is 0 Å². The van der Waals surface area contributed by atoms with E-state index in [-0.39, 0.29) is 18.4 Å². The van der Waals surface area contributed by atoms with Crippen molar-refractivity contribution < 1.29 is 9.59 Å². The maximum Gasteiger partial charge on any atom is 0.274 e. The number of amides is 2. The normalized spacial score (nSPS) is 16.2. The van der Waals surface area contributed by atoms with Gasteiger partial charge in [0, 0.05) is 30.8 Å². The van der Waals surface area contributed by atoms with Crippen molar-refractivity contribution >= 4 is 27.7 Å². The Bertz CT molecular complexity index is 464. The number of rotatable bonds is 1. The van der Waals surface area contributed by atoms with Crippen molar-refractivity contribution in [1.82, 2.24) is 14.8 Å². The molecule has 0 N–H and O–H groups in total. The molecule has 0 saturated carbocycles. The van der Waals surface area contributed by atoms with Crippen LogP contribution in [0.3, 0.4) is 0 Å². The standard InChI is InChI=1S/C11H12BrN3O2/c1-14-5-6-15(7-9(14)16)11(17)10-8(12)3-2-4-13-10/h2-4H,5-7H2,1H3. The lowest BCUT2D eigenvalue weighted by molar-refractivity contribution is -0.133. The number of aromatic nitrogens is 1. The fourth-order valence-corrected chi connectivity index (χ4v) is 2.05. The molecule has 2 amide bonds. The van der Waals surface area contributed by atoms with Gasteiger partial charge in [-0.2, -0.15) is 0 Å². The van der Waals surface area contributed by atoms with Crippen LogP contribution in [0.2, 0.25) is 0 Å². The minimum atomic E-state index is -0.209. The van der Waals surface area contributed by atoms with Gasteiger partial charge in [-0.25, -0.2) is 4.98 Å². The van der Waals surface area contributed by atoms with Gasteiger partial charge < -0.3 is 9.80 Å². The Labute approximate surface area is 108 Å². The average molecular weight is 298 g/mol. The van der Waals surface area contributed by atoms with Gasteiger partial charge in [0.05, 0.1) is 0 Å². The monoisotopic (exact) mass is 297 g/mol. The summed E-state index contributed by atoms with van der Waals surface area (Å²) in [6, 6.07) is 3.51. The molecule has 0 aliphatic carbocycles. The van der Waals surface area contributed by atoms with Crippen LogP contribution in [0.5, 0.6) is 0 Å². The zero-order chi connectivity index (χ0) is 12.4. The van der Waals surface area contributed by atoms with Crippen molar-refractivity contribution in [3.05, 3.63) is 28.5 Å². The summed E-state index contributed by atoms with van der Waals surface area (Å²) in [5.41, 5.74) is 0.352. The first-order valence-corrected chi connectivity index (χ1v) is 6.02. The first kappa shape index (κ1) is 12.0.